The fourth-order valence-corrected chi connectivity index (χ4v) is 2.95. The Kier molecular flexibility index (Phi) is 4.40. The first-order valence-electron chi connectivity index (χ1n) is 7.93. The van der Waals surface area contributed by atoms with Crippen molar-refractivity contribution in [1.29, 1.82) is 5.26 Å². The fourth-order valence-electron chi connectivity index (χ4n) is 2.95. The number of nitriles is 1. The lowest BCUT2D eigenvalue weighted by molar-refractivity contribution is 0.415. The summed E-state index contributed by atoms with van der Waals surface area (Å²) in [6.07, 6.45) is 0. The highest BCUT2D eigenvalue weighted by Gasteiger charge is 2.14. The first-order chi connectivity index (χ1) is 12.0. The SMILES string of the molecule is COc1cccc(-c2cc(-c3ccc(C)cc3C)c(C#N)c(=O)[nH]2)c1. The first-order valence-corrected chi connectivity index (χ1v) is 7.93. The molecule has 0 saturated heterocycles. The van der Waals surface area contributed by atoms with Gasteiger partial charge in [0.15, 0.2) is 0 Å². The van der Waals surface area contributed by atoms with Crippen LogP contribution in [0.5, 0.6) is 5.75 Å². The third-order valence-electron chi connectivity index (χ3n) is 4.20. The largest absolute Gasteiger partial charge is 0.497 e. The van der Waals surface area contributed by atoms with Crippen molar-refractivity contribution >= 4 is 0 Å². The summed E-state index contributed by atoms with van der Waals surface area (Å²) in [4.78, 5) is 15.3. The Labute approximate surface area is 146 Å². The Hall–Kier alpha value is -3.32. The summed E-state index contributed by atoms with van der Waals surface area (Å²) in [5.74, 6) is 0.704. The van der Waals surface area contributed by atoms with Crippen LogP contribution in [-0.2, 0) is 0 Å². The van der Waals surface area contributed by atoms with E-state index in [2.05, 4.69) is 4.98 Å². The number of nitrogens with one attached hydrogen (secondary N) is 1. The van der Waals surface area contributed by atoms with Gasteiger partial charge in [-0.2, -0.15) is 5.26 Å². The zero-order valence-electron chi connectivity index (χ0n) is 14.4. The lowest BCUT2D eigenvalue weighted by Gasteiger charge is -2.11. The molecule has 1 heterocycles. The zero-order valence-corrected chi connectivity index (χ0v) is 14.4. The molecule has 0 atom stereocenters. The number of rotatable bonds is 3. The molecule has 0 amide bonds. The maximum absolute atomic E-state index is 12.5. The van der Waals surface area contributed by atoms with E-state index in [0.717, 1.165) is 22.3 Å². The normalized spacial score (nSPS) is 10.3. The second kappa shape index (κ2) is 6.66. The van der Waals surface area contributed by atoms with Crippen LogP contribution < -0.4 is 10.3 Å². The van der Waals surface area contributed by atoms with E-state index in [-0.39, 0.29) is 5.56 Å². The highest BCUT2D eigenvalue weighted by atomic mass is 16.5. The van der Waals surface area contributed by atoms with Gasteiger partial charge in [-0.1, -0.05) is 35.9 Å². The second-order valence-corrected chi connectivity index (χ2v) is 5.96. The molecule has 3 rings (SSSR count). The fraction of sp³-hybridized carbons (Fsp3) is 0.143. The van der Waals surface area contributed by atoms with Gasteiger partial charge in [-0.3, -0.25) is 4.79 Å². The third kappa shape index (κ3) is 3.17. The minimum Gasteiger partial charge on any atom is -0.497 e. The van der Waals surface area contributed by atoms with Crippen LogP contribution in [0.15, 0.2) is 53.3 Å². The summed E-state index contributed by atoms with van der Waals surface area (Å²) >= 11 is 0. The van der Waals surface area contributed by atoms with Gasteiger partial charge in [-0.05, 0) is 43.2 Å². The molecule has 124 valence electrons. The summed E-state index contributed by atoms with van der Waals surface area (Å²) in [5.41, 5.74) is 4.90. The van der Waals surface area contributed by atoms with E-state index >= 15 is 0 Å². The maximum atomic E-state index is 12.5. The predicted molar refractivity (Wildman–Crippen MR) is 98.7 cm³/mol. The smallest absolute Gasteiger partial charge is 0.266 e. The van der Waals surface area contributed by atoms with Crippen LogP contribution in [0.1, 0.15) is 16.7 Å². The molecule has 0 bridgehead atoms. The van der Waals surface area contributed by atoms with Crippen molar-refractivity contribution in [2.24, 2.45) is 0 Å². The predicted octanol–water partition coefficient (Wildman–Crippen LogP) is 4.21. The van der Waals surface area contributed by atoms with Crippen LogP contribution >= 0.6 is 0 Å². The molecule has 0 saturated carbocycles. The summed E-state index contributed by atoms with van der Waals surface area (Å²) < 4.78 is 5.25. The van der Waals surface area contributed by atoms with Gasteiger partial charge in [0.25, 0.3) is 5.56 Å². The molecule has 0 aliphatic rings. The van der Waals surface area contributed by atoms with Crippen LogP contribution in [-0.4, -0.2) is 12.1 Å². The molecule has 4 heteroatoms. The number of nitrogens with zero attached hydrogens (tertiary/aromatic N) is 1. The number of aromatic amines is 1. The molecule has 25 heavy (non-hydrogen) atoms. The summed E-state index contributed by atoms with van der Waals surface area (Å²) in [6, 6.07) is 17.3. The molecule has 0 aliphatic heterocycles. The van der Waals surface area contributed by atoms with Gasteiger partial charge in [0.2, 0.25) is 0 Å². The van der Waals surface area contributed by atoms with E-state index in [0.29, 0.717) is 17.0 Å². The molecule has 0 fully saturated rings. The Bertz CT molecular complexity index is 1040. The van der Waals surface area contributed by atoms with Crippen molar-refractivity contribution in [3.8, 4) is 34.2 Å². The maximum Gasteiger partial charge on any atom is 0.266 e. The van der Waals surface area contributed by atoms with Crippen molar-refractivity contribution < 1.29 is 4.74 Å². The van der Waals surface area contributed by atoms with Gasteiger partial charge >= 0.3 is 0 Å². The number of H-pyrrole nitrogens is 1. The number of hydrogen-bond acceptors (Lipinski definition) is 3. The molecule has 0 aliphatic carbocycles. The number of benzene rings is 2. The molecule has 0 spiro atoms. The number of aromatic nitrogens is 1. The number of pyridine rings is 1. The minimum absolute atomic E-state index is 0.124. The van der Waals surface area contributed by atoms with Gasteiger partial charge in [-0.15, -0.1) is 0 Å². The average molecular weight is 330 g/mol. The number of ether oxygens (including phenoxy) is 1. The summed E-state index contributed by atoms with van der Waals surface area (Å²) in [7, 11) is 1.60. The van der Waals surface area contributed by atoms with Crippen LogP contribution in [0.25, 0.3) is 22.4 Å². The van der Waals surface area contributed by atoms with E-state index in [4.69, 9.17) is 4.74 Å². The van der Waals surface area contributed by atoms with Gasteiger partial charge in [0.05, 0.1) is 7.11 Å². The molecule has 0 radical (unpaired) electrons. The standard InChI is InChI=1S/C21H18N2O2/c1-13-7-8-17(14(2)9-13)18-11-20(23-21(24)19(18)12-22)15-5-4-6-16(10-15)25-3/h4-11H,1-3H3,(H,23,24). The van der Waals surface area contributed by atoms with E-state index < -0.39 is 5.56 Å². The molecule has 2 aromatic carbocycles. The molecular formula is C21H18N2O2. The van der Waals surface area contributed by atoms with E-state index in [1.807, 2.05) is 68.4 Å². The van der Waals surface area contributed by atoms with Crippen molar-refractivity contribution in [3.63, 3.8) is 0 Å². The minimum atomic E-state index is -0.391. The Balaban J connectivity index is 2.26. The molecule has 3 aromatic rings. The Morgan fingerprint density at radius 3 is 2.52 bits per heavy atom. The van der Waals surface area contributed by atoms with Crippen LogP contribution in [0, 0.1) is 25.2 Å². The molecule has 1 aromatic heterocycles. The topological polar surface area (TPSA) is 65.9 Å². The first kappa shape index (κ1) is 16.5. The van der Waals surface area contributed by atoms with Crippen molar-refractivity contribution in [2.75, 3.05) is 7.11 Å². The van der Waals surface area contributed by atoms with E-state index in [9.17, 15) is 10.1 Å². The molecule has 4 nitrogen and oxygen atoms in total. The molecular weight excluding hydrogens is 312 g/mol. The number of aryl methyl sites for hydroxylation is 2. The van der Waals surface area contributed by atoms with Crippen molar-refractivity contribution in [1.82, 2.24) is 4.98 Å². The van der Waals surface area contributed by atoms with Gasteiger partial charge < -0.3 is 9.72 Å². The van der Waals surface area contributed by atoms with E-state index in [1.165, 1.54) is 0 Å². The van der Waals surface area contributed by atoms with E-state index in [1.54, 1.807) is 7.11 Å². The van der Waals surface area contributed by atoms with Crippen LogP contribution in [0.3, 0.4) is 0 Å². The van der Waals surface area contributed by atoms with Crippen LogP contribution in [0.4, 0.5) is 0 Å². The average Bonchev–Trinajstić information content (AvgIpc) is 2.61. The van der Waals surface area contributed by atoms with Crippen LogP contribution in [0.2, 0.25) is 0 Å². The van der Waals surface area contributed by atoms with Gasteiger partial charge in [-0.25, -0.2) is 0 Å². The van der Waals surface area contributed by atoms with Gasteiger partial charge in [0, 0.05) is 16.8 Å². The lowest BCUT2D eigenvalue weighted by Crippen LogP contribution is -2.13. The highest BCUT2D eigenvalue weighted by molar-refractivity contribution is 5.77. The Morgan fingerprint density at radius 1 is 1.04 bits per heavy atom. The lowest BCUT2D eigenvalue weighted by atomic mass is 9.94. The van der Waals surface area contributed by atoms with Crippen molar-refractivity contribution in [3.05, 3.63) is 75.6 Å². The zero-order chi connectivity index (χ0) is 18.0. The number of hydrogen-bond donors (Lipinski definition) is 1. The second-order valence-electron chi connectivity index (χ2n) is 5.96. The Morgan fingerprint density at radius 2 is 1.84 bits per heavy atom. The van der Waals surface area contributed by atoms with Crippen molar-refractivity contribution in [2.45, 2.75) is 13.8 Å². The van der Waals surface area contributed by atoms with Gasteiger partial charge in [0.1, 0.15) is 17.4 Å². The molecule has 0 unspecified atom stereocenters. The summed E-state index contributed by atoms with van der Waals surface area (Å²) in [6.45, 7) is 4.00. The summed E-state index contributed by atoms with van der Waals surface area (Å²) in [5, 5.41) is 9.46. The highest BCUT2D eigenvalue weighted by Crippen LogP contribution is 2.30. The quantitative estimate of drug-likeness (QED) is 0.782. The molecule has 1 N–H and O–H groups in total. The number of methoxy groups -OCH3 is 1. The monoisotopic (exact) mass is 330 g/mol. The third-order valence-corrected chi connectivity index (χ3v) is 4.20.